The molecule has 0 unspecified atom stereocenters. The van der Waals surface area contributed by atoms with Crippen molar-refractivity contribution in [2.75, 3.05) is 12.4 Å². The number of anilines is 1. The normalized spacial score (nSPS) is 10.4. The maximum Gasteiger partial charge on any atom is 0.147 e. The second-order valence-electron chi connectivity index (χ2n) is 4.09. The third kappa shape index (κ3) is 2.33. The average molecular weight is 251 g/mol. The van der Waals surface area contributed by atoms with Gasteiger partial charge in [0.1, 0.15) is 11.5 Å². The van der Waals surface area contributed by atoms with Gasteiger partial charge in [0.05, 0.1) is 23.6 Å². The highest BCUT2D eigenvalue weighted by Crippen LogP contribution is 2.29. The average Bonchev–Trinajstić information content (AvgIpc) is 2.48. The third-order valence-electron chi connectivity index (χ3n) is 2.84. The Morgan fingerprint density at radius 1 is 1.11 bits per heavy atom. The molecule has 0 saturated heterocycles. The number of hydrogen-bond acceptors (Lipinski definition) is 4. The minimum atomic E-state index is 0.697. The van der Waals surface area contributed by atoms with Gasteiger partial charge in [-0.2, -0.15) is 0 Å². The lowest BCUT2D eigenvalue weighted by Gasteiger charge is -2.09. The van der Waals surface area contributed by atoms with Crippen molar-refractivity contribution in [1.82, 2.24) is 9.97 Å². The lowest BCUT2D eigenvalue weighted by atomic mass is 10.2. The van der Waals surface area contributed by atoms with Crippen molar-refractivity contribution < 1.29 is 4.74 Å². The van der Waals surface area contributed by atoms with E-state index in [4.69, 9.17) is 4.74 Å². The van der Waals surface area contributed by atoms with E-state index in [0.717, 1.165) is 22.3 Å². The summed E-state index contributed by atoms with van der Waals surface area (Å²) in [5, 5.41) is 4.02. The molecule has 1 aromatic carbocycles. The number of fused-ring (bicyclic) bond motifs is 1. The van der Waals surface area contributed by atoms with Gasteiger partial charge < -0.3 is 10.1 Å². The molecule has 1 N–H and O–H groups in total. The fourth-order valence-corrected chi connectivity index (χ4v) is 1.90. The molecule has 0 amide bonds. The van der Waals surface area contributed by atoms with Gasteiger partial charge in [-0.05, 0) is 24.3 Å². The van der Waals surface area contributed by atoms with Gasteiger partial charge in [0.15, 0.2) is 0 Å². The lowest BCUT2D eigenvalue weighted by Crippen LogP contribution is -1.91. The summed E-state index contributed by atoms with van der Waals surface area (Å²) in [7, 11) is 1.85. The van der Waals surface area contributed by atoms with Crippen LogP contribution >= 0.6 is 0 Å². The smallest absolute Gasteiger partial charge is 0.147 e. The van der Waals surface area contributed by atoms with Crippen LogP contribution in [0.3, 0.4) is 0 Å². The van der Waals surface area contributed by atoms with Crippen molar-refractivity contribution >= 4 is 16.6 Å². The van der Waals surface area contributed by atoms with Crippen LogP contribution in [0.25, 0.3) is 10.9 Å². The van der Waals surface area contributed by atoms with E-state index < -0.39 is 0 Å². The van der Waals surface area contributed by atoms with Crippen LogP contribution in [-0.2, 0) is 0 Å². The van der Waals surface area contributed by atoms with Crippen molar-refractivity contribution in [2.45, 2.75) is 0 Å². The van der Waals surface area contributed by atoms with Crippen molar-refractivity contribution in [3.63, 3.8) is 0 Å². The Morgan fingerprint density at radius 3 is 2.95 bits per heavy atom. The minimum absolute atomic E-state index is 0.697. The van der Waals surface area contributed by atoms with E-state index in [1.165, 1.54) is 0 Å². The summed E-state index contributed by atoms with van der Waals surface area (Å²) >= 11 is 0. The largest absolute Gasteiger partial charge is 0.455 e. The van der Waals surface area contributed by atoms with Crippen molar-refractivity contribution in [2.24, 2.45) is 0 Å². The first-order chi connectivity index (χ1) is 9.36. The van der Waals surface area contributed by atoms with Crippen LogP contribution in [0.2, 0.25) is 0 Å². The molecule has 4 heteroatoms. The van der Waals surface area contributed by atoms with E-state index in [9.17, 15) is 0 Å². The van der Waals surface area contributed by atoms with Crippen LogP contribution in [0.15, 0.2) is 55.0 Å². The highest BCUT2D eigenvalue weighted by atomic mass is 16.5. The predicted molar refractivity (Wildman–Crippen MR) is 75.6 cm³/mol. The summed E-state index contributed by atoms with van der Waals surface area (Å²) in [4.78, 5) is 8.44. The monoisotopic (exact) mass is 251 g/mol. The standard InChI is InChI=1S/C15H13N3O/c1-16-11-8-12(10-17-9-11)19-15-6-2-5-14-13(15)4-3-7-18-14/h2-10,16H,1H3. The number of nitrogens with zero attached hydrogens (tertiary/aromatic N) is 2. The molecular weight excluding hydrogens is 238 g/mol. The van der Waals surface area contributed by atoms with Crippen molar-refractivity contribution in [3.8, 4) is 11.5 Å². The van der Waals surface area contributed by atoms with Crippen LogP contribution in [-0.4, -0.2) is 17.0 Å². The zero-order valence-electron chi connectivity index (χ0n) is 10.5. The van der Waals surface area contributed by atoms with Crippen LogP contribution in [0.5, 0.6) is 11.5 Å². The predicted octanol–water partition coefficient (Wildman–Crippen LogP) is 3.46. The Balaban J connectivity index is 2.01. The maximum absolute atomic E-state index is 5.89. The van der Waals surface area contributed by atoms with Gasteiger partial charge in [-0.15, -0.1) is 0 Å². The molecule has 19 heavy (non-hydrogen) atoms. The molecule has 94 valence electrons. The molecule has 0 bridgehead atoms. The third-order valence-corrected chi connectivity index (χ3v) is 2.84. The van der Waals surface area contributed by atoms with E-state index in [-0.39, 0.29) is 0 Å². The van der Waals surface area contributed by atoms with Crippen molar-refractivity contribution in [3.05, 3.63) is 55.0 Å². The molecule has 0 spiro atoms. The van der Waals surface area contributed by atoms with E-state index in [2.05, 4.69) is 15.3 Å². The Labute approximate surface area is 111 Å². The number of nitrogens with one attached hydrogen (secondary N) is 1. The van der Waals surface area contributed by atoms with Gasteiger partial charge in [0, 0.05) is 24.7 Å². The zero-order valence-corrected chi connectivity index (χ0v) is 10.5. The Kier molecular flexibility index (Phi) is 2.98. The fourth-order valence-electron chi connectivity index (χ4n) is 1.90. The van der Waals surface area contributed by atoms with Crippen LogP contribution in [0.4, 0.5) is 5.69 Å². The molecule has 2 heterocycles. The topological polar surface area (TPSA) is 47.0 Å². The quantitative estimate of drug-likeness (QED) is 0.774. The number of benzene rings is 1. The molecule has 0 aliphatic heterocycles. The van der Waals surface area contributed by atoms with Crippen molar-refractivity contribution in [1.29, 1.82) is 0 Å². The lowest BCUT2D eigenvalue weighted by molar-refractivity contribution is 0.486. The Morgan fingerprint density at radius 2 is 2.05 bits per heavy atom. The van der Waals surface area contributed by atoms with Crippen LogP contribution in [0, 0.1) is 0 Å². The molecule has 4 nitrogen and oxygen atoms in total. The second-order valence-corrected chi connectivity index (χ2v) is 4.09. The molecule has 3 aromatic rings. The van der Waals surface area contributed by atoms with Gasteiger partial charge >= 0.3 is 0 Å². The number of aromatic nitrogens is 2. The first-order valence-corrected chi connectivity index (χ1v) is 6.01. The molecule has 0 radical (unpaired) electrons. The number of rotatable bonds is 3. The molecule has 2 aromatic heterocycles. The first kappa shape index (κ1) is 11.5. The summed E-state index contributed by atoms with van der Waals surface area (Å²) in [6.45, 7) is 0. The minimum Gasteiger partial charge on any atom is -0.455 e. The summed E-state index contributed by atoms with van der Waals surface area (Å²) in [6.07, 6.45) is 5.21. The first-order valence-electron chi connectivity index (χ1n) is 6.01. The van der Waals surface area contributed by atoms with Gasteiger partial charge in [-0.1, -0.05) is 6.07 Å². The highest BCUT2D eigenvalue weighted by Gasteiger charge is 2.04. The van der Waals surface area contributed by atoms with Crippen LogP contribution < -0.4 is 10.1 Å². The zero-order chi connectivity index (χ0) is 13.1. The summed E-state index contributed by atoms with van der Waals surface area (Å²) in [6, 6.07) is 11.6. The molecule has 3 rings (SSSR count). The van der Waals surface area contributed by atoms with E-state index in [1.54, 1.807) is 18.6 Å². The highest BCUT2D eigenvalue weighted by molar-refractivity contribution is 5.85. The summed E-state index contributed by atoms with van der Waals surface area (Å²) in [5.41, 5.74) is 1.83. The molecule has 0 atom stereocenters. The van der Waals surface area contributed by atoms with E-state index in [0.29, 0.717) is 5.75 Å². The number of ether oxygens (including phenoxy) is 1. The SMILES string of the molecule is CNc1cncc(Oc2cccc3ncccc23)c1. The second kappa shape index (κ2) is 4.94. The molecule has 0 fully saturated rings. The fraction of sp³-hybridized carbons (Fsp3) is 0.0667. The van der Waals surface area contributed by atoms with Gasteiger partial charge in [-0.25, -0.2) is 0 Å². The molecule has 0 aliphatic rings. The molecule has 0 saturated carbocycles. The summed E-state index contributed by atoms with van der Waals surface area (Å²) in [5.74, 6) is 1.48. The van der Waals surface area contributed by atoms with E-state index >= 15 is 0 Å². The van der Waals surface area contributed by atoms with Gasteiger partial charge in [0.2, 0.25) is 0 Å². The Bertz CT molecular complexity index is 707. The number of pyridine rings is 2. The van der Waals surface area contributed by atoms with Gasteiger partial charge in [0.25, 0.3) is 0 Å². The van der Waals surface area contributed by atoms with E-state index in [1.807, 2.05) is 43.4 Å². The van der Waals surface area contributed by atoms with Gasteiger partial charge in [-0.3, -0.25) is 9.97 Å². The Hall–Kier alpha value is -2.62. The molecule has 0 aliphatic carbocycles. The number of hydrogen-bond donors (Lipinski definition) is 1. The summed E-state index contributed by atoms with van der Waals surface area (Å²) < 4.78 is 5.89. The van der Waals surface area contributed by atoms with Crippen LogP contribution in [0.1, 0.15) is 0 Å². The molecular formula is C15H13N3O. The maximum atomic E-state index is 5.89.